The molecule has 0 unspecified atom stereocenters. The number of hydrogen-bond acceptors (Lipinski definition) is 4. The molecule has 2 heterocycles. The van der Waals surface area contributed by atoms with Gasteiger partial charge in [-0.05, 0) is 49.3 Å². The Hall–Kier alpha value is -2.68. The van der Waals surface area contributed by atoms with Crippen molar-refractivity contribution >= 4 is 39.6 Å². The second-order valence-electron chi connectivity index (χ2n) is 8.30. The molecule has 0 radical (unpaired) electrons. The Labute approximate surface area is 189 Å². The van der Waals surface area contributed by atoms with Crippen LogP contribution in [0.3, 0.4) is 0 Å². The number of halogens is 1. The molecule has 1 saturated heterocycles. The van der Waals surface area contributed by atoms with Crippen LogP contribution in [0.25, 0.3) is 0 Å². The molecule has 4 rings (SSSR count). The third kappa shape index (κ3) is 4.51. The van der Waals surface area contributed by atoms with Crippen molar-refractivity contribution in [3.05, 3.63) is 46.6 Å². The molecule has 0 bridgehead atoms. The maximum absolute atomic E-state index is 13.0. The van der Waals surface area contributed by atoms with E-state index in [1.807, 2.05) is 24.3 Å². The van der Waals surface area contributed by atoms with Crippen LogP contribution < -0.4 is 10.6 Å². The molecule has 8 nitrogen and oxygen atoms in total. The average molecular weight is 488 g/mol. The van der Waals surface area contributed by atoms with Crippen molar-refractivity contribution in [2.45, 2.75) is 51.1 Å². The average Bonchev–Trinajstić information content (AvgIpc) is 3.28. The first kappa shape index (κ1) is 21.5. The first-order valence-corrected chi connectivity index (χ1v) is 11.4. The fraction of sp³-hybridized carbons (Fsp3) is 0.455. The van der Waals surface area contributed by atoms with Crippen molar-refractivity contribution in [3.8, 4) is 0 Å². The Morgan fingerprint density at radius 1 is 1.23 bits per heavy atom. The number of anilines is 1. The standard InChI is InChI=1S/C22H26BrN5O3/c1-2-15-7-10-22(11-8-15)20(30)27(21(31)26-22)14-19(29)25-18-9-12-24-28(18)13-16-3-5-17(23)6-4-16/h3-6,9,12,15H,2,7-8,10-11,13-14H2,1H3,(H,25,29)(H,26,31). The number of hydrogen-bond donors (Lipinski definition) is 2. The van der Waals surface area contributed by atoms with E-state index in [2.05, 4.69) is 38.6 Å². The summed E-state index contributed by atoms with van der Waals surface area (Å²) in [6.07, 6.45) is 5.78. The lowest BCUT2D eigenvalue weighted by Gasteiger charge is -2.34. The Morgan fingerprint density at radius 2 is 1.94 bits per heavy atom. The SMILES string of the molecule is CCC1CCC2(CC1)NC(=O)N(CC(=O)Nc1ccnn1Cc1ccc(Br)cc1)C2=O. The van der Waals surface area contributed by atoms with E-state index < -0.39 is 17.5 Å². The highest BCUT2D eigenvalue weighted by molar-refractivity contribution is 9.10. The van der Waals surface area contributed by atoms with Crippen LogP contribution in [-0.4, -0.2) is 44.6 Å². The summed E-state index contributed by atoms with van der Waals surface area (Å²) in [6, 6.07) is 9.03. The minimum Gasteiger partial charge on any atom is -0.323 e. The number of amides is 4. The predicted molar refractivity (Wildman–Crippen MR) is 119 cm³/mol. The Balaban J connectivity index is 1.38. The molecule has 2 fully saturated rings. The highest BCUT2D eigenvalue weighted by atomic mass is 79.9. The van der Waals surface area contributed by atoms with Gasteiger partial charge in [-0.2, -0.15) is 5.10 Å². The molecule has 1 aliphatic carbocycles. The molecule has 1 aromatic heterocycles. The second-order valence-corrected chi connectivity index (χ2v) is 9.22. The van der Waals surface area contributed by atoms with Gasteiger partial charge in [0.05, 0.1) is 12.7 Å². The van der Waals surface area contributed by atoms with E-state index in [1.165, 1.54) is 0 Å². The van der Waals surface area contributed by atoms with Gasteiger partial charge in [-0.3, -0.25) is 14.5 Å². The van der Waals surface area contributed by atoms with Crippen molar-refractivity contribution in [2.75, 3.05) is 11.9 Å². The fourth-order valence-corrected chi connectivity index (χ4v) is 4.66. The van der Waals surface area contributed by atoms with E-state index in [-0.39, 0.29) is 12.5 Å². The summed E-state index contributed by atoms with van der Waals surface area (Å²) in [5.74, 6) is 0.391. The minimum absolute atomic E-state index is 0.287. The lowest BCUT2D eigenvalue weighted by molar-refractivity contribution is -0.135. The normalized spacial score (nSPS) is 23.3. The number of rotatable bonds is 6. The first-order valence-electron chi connectivity index (χ1n) is 10.6. The van der Waals surface area contributed by atoms with Gasteiger partial charge >= 0.3 is 6.03 Å². The van der Waals surface area contributed by atoms with Crippen LogP contribution >= 0.6 is 15.9 Å². The van der Waals surface area contributed by atoms with Crippen molar-refractivity contribution in [2.24, 2.45) is 5.92 Å². The van der Waals surface area contributed by atoms with Crippen molar-refractivity contribution in [1.29, 1.82) is 0 Å². The monoisotopic (exact) mass is 487 g/mol. The van der Waals surface area contributed by atoms with Crippen molar-refractivity contribution < 1.29 is 14.4 Å². The molecule has 1 aliphatic heterocycles. The molecule has 164 valence electrons. The first-order chi connectivity index (χ1) is 14.9. The molecule has 1 saturated carbocycles. The van der Waals surface area contributed by atoms with Crippen LogP contribution in [0.4, 0.5) is 10.6 Å². The maximum atomic E-state index is 13.0. The number of aromatic nitrogens is 2. The van der Waals surface area contributed by atoms with Gasteiger partial charge in [0.2, 0.25) is 5.91 Å². The number of nitrogens with zero attached hydrogens (tertiary/aromatic N) is 3. The smallest absolute Gasteiger partial charge is 0.323 e. The lowest BCUT2D eigenvalue weighted by atomic mass is 9.75. The van der Waals surface area contributed by atoms with E-state index in [9.17, 15) is 14.4 Å². The quantitative estimate of drug-likeness (QED) is 0.609. The molecule has 0 atom stereocenters. The lowest BCUT2D eigenvalue weighted by Crippen LogP contribution is -2.49. The zero-order chi connectivity index (χ0) is 22.0. The molecule has 1 aromatic carbocycles. The van der Waals surface area contributed by atoms with Gasteiger partial charge in [0.25, 0.3) is 5.91 Å². The third-order valence-electron chi connectivity index (χ3n) is 6.31. The van der Waals surface area contributed by atoms with Gasteiger partial charge in [0.1, 0.15) is 17.9 Å². The summed E-state index contributed by atoms with van der Waals surface area (Å²) in [5.41, 5.74) is 0.188. The molecule has 2 aliphatic rings. The largest absolute Gasteiger partial charge is 0.325 e. The maximum Gasteiger partial charge on any atom is 0.325 e. The zero-order valence-electron chi connectivity index (χ0n) is 17.4. The number of carbonyl (C=O) groups excluding carboxylic acids is 3. The summed E-state index contributed by atoms with van der Waals surface area (Å²) in [6.45, 7) is 2.32. The van der Waals surface area contributed by atoms with Crippen LogP contribution in [0.15, 0.2) is 41.0 Å². The van der Waals surface area contributed by atoms with E-state index in [0.29, 0.717) is 31.1 Å². The number of imide groups is 1. The Bertz CT molecular complexity index is 979. The third-order valence-corrected chi connectivity index (χ3v) is 6.84. The summed E-state index contributed by atoms with van der Waals surface area (Å²) in [4.78, 5) is 39.2. The zero-order valence-corrected chi connectivity index (χ0v) is 19.0. The summed E-state index contributed by atoms with van der Waals surface area (Å²) >= 11 is 3.41. The van der Waals surface area contributed by atoms with Gasteiger partial charge in [0.15, 0.2) is 0 Å². The van der Waals surface area contributed by atoms with Gasteiger partial charge in [-0.1, -0.05) is 41.4 Å². The highest BCUT2D eigenvalue weighted by Crippen LogP contribution is 2.37. The molecule has 9 heteroatoms. The van der Waals surface area contributed by atoms with Crippen LogP contribution in [0, 0.1) is 5.92 Å². The van der Waals surface area contributed by atoms with E-state index >= 15 is 0 Å². The molecule has 4 amide bonds. The molecule has 1 spiro atoms. The van der Waals surface area contributed by atoms with Gasteiger partial charge in [-0.15, -0.1) is 0 Å². The van der Waals surface area contributed by atoms with E-state index in [1.54, 1.807) is 16.9 Å². The molecule has 2 N–H and O–H groups in total. The fourth-order valence-electron chi connectivity index (χ4n) is 4.39. The number of benzene rings is 1. The van der Waals surface area contributed by atoms with Crippen LogP contribution in [0.2, 0.25) is 0 Å². The van der Waals surface area contributed by atoms with Gasteiger partial charge in [0, 0.05) is 10.5 Å². The number of carbonyl (C=O) groups is 3. The molecular weight excluding hydrogens is 462 g/mol. The van der Waals surface area contributed by atoms with Gasteiger partial charge in [-0.25, -0.2) is 9.48 Å². The summed E-state index contributed by atoms with van der Waals surface area (Å²) in [7, 11) is 0. The molecule has 2 aromatic rings. The summed E-state index contributed by atoms with van der Waals surface area (Å²) < 4.78 is 2.65. The number of nitrogens with one attached hydrogen (secondary N) is 2. The van der Waals surface area contributed by atoms with Crippen LogP contribution in [0.1, 0.15) is 44.6 Å². The predicted octanol–water partition coefficient (Wildman–Crippen LogP) is 3.52. The van der Waals surface area contributed by atoms with Crippen molar-refractivity contribution in [1.82, 2.24) is 20.0 Å². The molecule has 31 heavy (non-hydrogen) atoms. The topological polar surface area (TPSA) is 96.3 Å². The van der Waals surface area contributed by atoms with E-state index in [4.69, 9.17) is 0 Å². The summed E-state index contributed by atoms with van der Waals surface area (Å²) in [5, 5.41) is 9.90. The van der Waals surface area contributed by atoms with Crippen molar-refractivity contribution in [3.63, 3.8) is 0 Å². The minimum atomic E-state index is -0.841. The second kappa shape index (κ2) is 8.82. The highest BCUT2D eigenvalue weighted by Gasteiger charge is 2.52. The van der Waals surface area contributed by atoms with Gasteiger partial charge < -0.3 is 10.6 Å². The Kier molecular flexibility index (Phi) is 6.13. The number of urea groups is 1. The Morgan fingerprint density at radius 3 is 2.61 bits per heavy atom. The molecular formula is C22H26BrN5O3. The van der Waals surface area contributed by atoms with E-state index in [0.717, 1.165) is 34.2 Å². The van der Waals surface area contributed by atoms with Crippen LogP contribution in [-0.2, 0) is 16.1 Å². The van der Waals surface area contributed by atoms with Crippen LogP contribution in [0.5, 0.6) is 0 Å².